The first kappa shape index (κ1) is 18.6. The Kier molecular flexibility index (Phi) is 4.89. The Morgan fingerprint density at radius 2 is 1.69 bits per heavy atom. The number of hydrogen-bond acceptors (Lipinski definition) is 6. The summed E-state index contributed by atoms with van der Waals surface area (Å²) in [5, 5.41) is 0. The van der Waals surface area contributed by atoms with E-state index in [4.69, 9.17) is 4.74 Å². The second-order valence-corrected chi connectivity index (χ2v) is 7.84. The molecule has 0 unspecified atom stereocenters. The highest BCUT2D eigenvalue weighted by Crippen LogP contribution is 2.31. The largest absolute Gasteiger partial charge is 0.451 e. The number of hydrogen-bond donors (Lipinski definition) is 0. The zero-order valence-corrected chi connectivity index (χ0v) is 14.6. The molecule has 0 radical (unpaired) electrons. The first-order valence-electron chi connectivity index (χ1n) is 7.74. The molecule has 1 aliphatic heterocycles. The summed E-state index contributed by atoms with van der Waals surface area (Å²) in [5.74, 6) is -1.07. The molecule has 1 aromatic carbocycles. The summed E-state index contributed by atoms with van der Waals surface area (Å²) in [7, 11) is -3.39. The molecule has 2 heterocycles. The van der Waals surface area contributed by atoms with Crippen LogP contribution in [0.4, 0.5) is 19.0 Å². The van der Waals surface area contributed by atoms with Gasteiger partial charge in [-0.25, -0.2) is 18.4 Å². The molecular weight excluding hydrogens is 371 g/mol. The van der Waals surface area contributed by atoms with Crippen LogP contribution in [0.1, 0.15) is 5.82 Å². The minimum atomic E-state index is -4.69. The van der Waals surface area contributed by atoms with Crippen molar-refractivity contribution in [1.82, 2.24) is 9.97 Å². The summed E-state index contributed by atoms with van der Waals surface area (Å²) in [4.78, 5) is 9.05. The monoisotopic (exact) mass is 387 g/mol. The van der Waals surface area contributed by atoms with Gasteiger partial charge in [0.15, 0.2) is 9.84 Å². The van der Waals surface area contributed by atoms with Crippen molar-refractivity contribution in [2.24, 2.45) is 0 Å². The molecule has 2 aromatic rings. The van der Waals surface area contributed by atoms with Gasteiger partial charge in [0.2, 0.25) is 5.82 Å². The van der Waals surface area contributed by atoms with Crippen LogP contribution in [0.2, 0.25) is 0 Å². The minimum Gasteiger partial charge on any atom is -0.378 e. The molecule has 0 atom stereocenters. The van der Waals surface area contributed by atoms with Crippen LogP contribution in [0.5, 0.6) is 0 Å². The number of anilines is 1. The predicted molar refractivity (Wildman–Crippen MR) is 88.6 cm³/mol. The molecule has 0 aliphatic carbocycles. The Morgan fingerprint density at radius 1 is 1.08 bits per heavy atom. The number of nitrogens with zero attached hydrogens (tertiary/aromatic N) is 3. The Balaban J connectivity index is 2.05. The van der Waals surface area contributed by atoms with Crippen molar-refractivity contribution in [3.8, 4) is 11.3 Å². The molecule has 3 rings (SSSR count). The van der Waals surface area contributed by atoms with Crippen LogP contribution in [0.3, 0.4) is 0 Å². The van der Waals surface area contributed by atoms with Gasteiger partial charge < -0.3 is 9.64 Å². The van der Waals surface area contributed by atoms with Gasteiger partial charge in [0.1, 0.15) is 5.82 Å². The summed E-state index contributed by atoms with van der Waals surface area (Å²) in [6.45, 7) is 1.68. The zero-order chi connectivity index (χ0) is 18.9. The number of sulfone groups is 1. The Labute approximate surface area is 148 Å². The van der Waals surface area contributed by atoms with E-state index >= 15 is 0 Å². The van der Waals surface area contributed by atoms with Crippen LogP contribution in [0.15, 0.2) is 35.2 Å². The van der Waals surface area contributed by atoms with Gasteiger partial charge in [0.25, 0.3) is 0 Å². The maximum Gasteiger partial charge on any atom is 0.451 e. The number of morpholine rings is 1. The van der Waals surface area contributed by atoms with Gasteiger partial charge in [0.05, 0.1) is 23.8 Å². The van der Waals surface area contributed by atoms with E-state index in [-0.39, 0.29) is 16.4 Å². The maximum absolute atomic E-state index is 13.2. The van der Waals surface area contributed by atoms with E-state index in [0.29, 0.717) is 31.9 Å². The smallest absolute Gasteiger partial charge is 0.378 e. The lowest BCUT2D eigenvalue weighted by molar-refractivity contribution is -0.144. The molecule has 26 heavy (non-hydrogen) atoms. The van der Waals surface area contributed by atoms with Crippen LogP contribution in [-0.4, -0.2) is 50.9 Å². The average Bonchev–Trinajstić information content (AvgIpc) is 2.61. The van der Waals surface area contributed by atoms with Gasteiger partial charge in [-0.15, -0.1) is 0 Å². The molecular formula is C16H16F3N3O3S. The Morgan fingerprint density at radius 3 is 2.23 bits per heavy atom. The predicted octanol–water partition coefficient (Wildman–Crippen LogP) is 2.40. The number of alkyl halides is 3. The second kappa shape index (κ2) is 6.84. The van der Waals surface area contributed by atoms with E-state index in [2.05, 4.69) is 9.97 Å². The summed E-state index contributed by atoms with van der Waals surface area (Å²) < 4.78 is 67.9. The standard InChI is InChI=1S/C16H16F3N3O3S/c1-26(23,24)12-4-2-11(3-5-12)13-10-14(22-6-8-25-9-7-22)21-15(20-13)16(17,18)19/h2-5,10H,6-9H2,1H3. The van der Waals surface area contributed by atoms with Crippen LogP contribution in [0, 0.1) is 0 Å². The van der Waals surface area contributed by atoms with Crippen molar-refractivity contribution in [2.45, 2.75) is 11.1 Å². The quantitative estimate of drug-likeness (QED) is 0.805. The van der Waals surface area contributed by atoms with Gasteiger partial charge >= 0.3 is 6.18 Å². The average molecular weight is 387 g/mol. The van der Waals surface area contributed by atoms with Crippen LogP contribution in [0.25, 0.3) is 11.3 Å². The van der Waals surface area contributed by atoms with E-state index in [9.17, 15) is 21.6 Å². The lowest BCUT2D eigenvalue weighted by atomic mass is 10.1. The third-order valence-electron chi connectivity index (χ3n) is 3.88. The third-order valence-corrected chi connectivity index (χ3v) is 5.01. The highest BCUT2D eigenvalue weighted by atomic mass is 32.2. The van der Waals surface area contributed by atoms with Crippen molar-refractivity contribution >= 4 is 15.7 Å². The molecule has 1 fully saturated rings. The maximum atomic E-state index is 13.2. The summed E-state index contributed by atoms with van der Waals surface area (Å²) in [6.07, 6.45) is -3.63. The summed E-state index contributed by atoms with van der Waals surface area (Å²) >= 11 is 0. The SMILES string of the molecule is CS(=O)(=O)c1ccc(-c2cc(N3CCOCC3)nc(C(F)(F)F)n2)cc1. The van der Waals surface area contributed by atoms with Gasteiger partial charge in [-0.1, -0.05) is 12.1 Å². The van der Waals surface area contributed by atoms with Crippen LogP contribution < -0.4 is 4.90 Å². The molecule has 6 nitrogen and oxygen atoms in total. The van der Waals surface area contributed by atoms with Gasteiger partial charge in [-0.3, -0.25) is 0 Å². The van der Waals surface area contributed by atoms with E-state index in [0.717, 1.165) is 6.26 Å². The van der Waals surface area contributed by atoms with Gasteiger partial charge in [-0.2, -0.15) is 13.2 Å². The Hall–Kier alpha value is -2.20. The number of ether oxygens (including phenoxy) is 1. The van der Waals surface area contributed by atoms with Crippen molar-refractivity contribution < 1.29 is 26.3 Å². The fraction of sp³-hybridized carbons (Fsp3) is 0.375. The van der Waals surface area contributed by atoms with Crippen LogP contribution in [-0.2, 0) is 20.8 Å². The van der Waals surface area contributed by atoms with E-state index in [1.54, 1.807) is 4.90 Å². The zero-order valence-electron chi connectivity index (χ0n) is 13.8. The number of rotatable bonds is 3. The number of halogens is 3. The molecule has 0 bridgehead atoms. The van der Waals surface area contributed by atoms with Crippen molar-refractivity contribution in [3.05, 3.63) is 36.2 Å². The lowest BCUT2D eigenvalue weighted by Gasteiger charge is -2.28. The molecule has 1 aromatic heterocycles. The molecule has 140 valence electrons. The van der Waals surface area contributed by atoms with Crippen molar-refractivity contribution in [2.75, 3.05) is 37.5 Å². The van der Waals surface area contributed by atoms with Gasteiger partial charge in [0, 0.05) is 31.0 Å². The molecule has 0 N–H and O–H groups in total. The van der Waals surface area contributed by atoms with E-state index in [1.807, 2.05) is 0 Å². The molecule has 0 spiro atoms. The number of benzene rings is 1. The Bertz CT molecular complexity index is 893. The van der Waals surface area contributed by atoms with E-state index in [1.165, 1.54) is 30.3 Å². The molecule has 1 aliphatic rings. The topological polar surface area (TPSA) is 72.4 Å². The normalized spacial score (nSPS) is 15.9. The fourth-order valence-corrected chi connectivity index (χ4v) is 3.17. The third kappa shape index (κ3) is 4.13. The summed E-state index contributed by atoms with van der Waals surface area (Å²) in [6, 6.07) is 7.02. The van der Waals surface area contributed by atoms with Crippen molar-refractivity contribution in [3.63, 3.8) is 0 Å². The van der Waals surface area contributed by atoms with Gasteiger partial charge in [-0.05, 0) is 12.1 Å². The molecule has 1 saturated heterocycles. The van der Waals surface area contributed by atoms with Crippen LogP contribution >= 0.6 is 0 Å². The molecule has 0 saturated carbocycles. The van der Waals surface area contributed by atoms with Crippen molar-refractivity contribution in [1.29, 1.82) is 0 Å². The lowest BCUT2D eigenvalue weighted by Crippen LogP contribution is -2.37. The first-order chi connectivity index (χ1) is 12.1. The molecule has 0 amide bonds. The second-order valence-electron chi connectivity index (χ2n) is 5.83. The minimum absolute atomic E-state index is 0.0777. The molecule has 10 heteroatoms. The first-order valence-corrected chi connectivity index (χ1v) is 9.63. The highest BCUT2D eigenvalue weighted by molar-refractivity contribution is 7.90. The fourth-order valence-electron chi connectivity index (χ4n) is 2.54. The van der Waals surface area contributed by atoms with E-state index < -0.39 is 21.8 Å². The number of aromatic nitrogens is 2. The summed E-state index contributed by atoms with van der Waals surface area (Å²) in [5.41, 5.74) is 0.452. The highest BCUT2D eigenvalue weighted by Gasteiger charge is 2.36.